The minimum absolute atomic E-state index is 0.166. The normalized spacial score (nSPS) is 13.9. The highest BCUT2D eigenvalue weighted by Gasteiger charge is 2.27. The minimum atomic E-state index is -3.52. The fourth-order valence-electron chi connectivity index (χ4n) is 4.28. The van der Waals surface area contributed by atoms with E-state index in [9.17, 15) is 13.2 Å². The average Bonchev–Trinajstić information content (AvgIpc) is 3.66. The van der Waals surface area contributed by atoms with Crippen molar-refractivity contribution in [2.24, 2.45) is 0 Å². The first-order valence-corrected chi connectivity index (χ1v) is 13.8. The standard InChI is InChI=1S/C26H28N6O6S/c1-36-21-10-7-19(17-22(21)37-2)25-29-28-23-11-12-24(30-32(23)25)38-16-13-27-26(33)18-5-8-20(9-6-18)39(34,35)31-14-3-4-15-31/h5-12,17H,3-4,13-16H2,1-2H3,(H,27,33). The number of carbonyl (C=O) groups excluding carboxylic acids is 1. The van der Waals surface area contributed by atoms with Gasteiger partial charge in [-0.1, -0.05) is 0 Å². The lowest BCUT2D eigenvalue weighted by molar-refractivity contribution is 0.0946. The van der Waals surface area contributed by atoms with Gasteiger partial charge in [0.1, 0.15) is 6.61 Å². The first kappa shape index (κ1) is 26.4. The fraction of sp³-hybridized carbons (Fsp3) is 0.308. The summed E-state index contributed by atoms with van der Waals surface area (Å²) in [7, 11) is -0.397. The molecule has 1 aliphatic heterocycles. The Bertz CT molecular complexity index is 1580. The molecule has 4 aromatic rings. The second-order valence-electron chi connectivity index (χ2n) is 8.77. The molecule has 3 heterocycles. The van der Waals surface area contributed by atoms with Crippen LogP contribution in [-0.4, -0.2) is 78.9 Å². The number of rotatable bonds is 10. The highest BCUT2D eigenvalue weighted by Crippen LogP contribution is 2.31. The van der Waals surface area contributed by atoms with Crippen LogP contribution in [0.25, 0.3) is 17.0 Å². The third-order valence-corrected chi connectivity index (χ3v) is 8.25. The molecule has 1 saturated heterocycles. The Hall–Kier alpha value is -4.23. The molecular weight excluding hydrogens is 524 g/mol. The second kappa shape index (κ2) is 11.3. The van der Waals surface area contributed by atoms with E-state index in [-0.39, 0.29) is 24.0 Å². The van der Waals surface area contributed by atoms with E-state index in [0.29, 0.717) is 47.5 Å². The van der Waals surface area contributed by atoms with Crippen LogP contribution in [0.4, 0.5) is 0 Å². The van der Waals surface area contributed by atoms with Crippen molar-refractivity contribution in [2.75, 3.05) is 40.5 Å². The lowest BCUT2D eigenvalue weighted by Crippen LogP contribution is -2.29. The molecule has 1 N–H and O–H groups in total. The van der Waals surface area contributed by atoms with Gasteiger partial charge in [-0.25, -0.2) is 8.42 Å². The molecule has 12 nitrogen and oxygen atoms in total. The summed E-state index contributed by atoms with van der Waals surface area (Å²) in [4.78, 5) is 12.7. The van der Waals surface area contributed by atoms with Gasteiger partial charge in [-0.2, -0.15) is 8.82 Å². The number of carbonyl (C=O) groups is 1. The first-order valence-electron chi connectivity index (χ1n) is 12.4. The van der Waals surface area contributed by atoms with Gasteiger partial charge in [0.2, 0.25) is 15.9 Å². The maximum atomic E-state index is 12.7. The summed E-state index contributed by atoms with van der Waals surface area (Å²) in [5, 5.41) is 15.6. The molecular formula is C26H28N6O6S. The molecule has 13 heteroatoms. The molecule has 204 valence electrons. The highest BCUT2D eigenvalue weighted by atomic mass is 32.2. The van der Waals surface area contributed by atoms with E-state index in [4.69, 9.17) is 14.2 Å². The third-order valence-electron chi connectivity index (χ3n) is 6.34. The molecule has 1 aliphatic rings. The summed E-state index contributed by atoms with van der Waals surface area (Å²) in [5.41, 5.74) is 1.63. The molecule has 2 aromatic carbocycles. The molecule has 39 heavy (non-hydrogen) atoms. The molecule has 2 aromatic heterocycles. The molecule has 0 saturated carbocycles. The fourth-order valence-corrected chi connectivity index (χ4v) is 5.80. The monoisotopic (exact) mass is 552 g/mol. The summed E-state index contributed by atoms with van der Waals surface area (Å²) < 4.78 is 44.8. The van der Waals surface area contributed by atoms with Gasteiger partial charge in [0, 0.05) is 30.3 Å². The van der Waals surface area contributed by atoms with Gasteiger partial charge in [0.15, 0.2) is 23.0 Å². The van der Waals surface area contributed by atoms with Crippen LogP contribution in [0.5, 0.6) is 17.4 Å². The van der Waals surface area contributed by atoms with Crippen molar-refractivity contribution in [3.63, 3.8) is 0 Å². The number of hydrogen-bond donors (Lipinski definition) is 1. The van der Waals surface area contributed by atoms with Crippen LogP contribution in [0.3, 0.4) is 0 Å². The van der Waals surface area contributed by atoms with Gasteiger partial charge in [0.05, 0.1) is 25.7 Å². The quantitative estimate of drug-likeness (QED) is 0.294. The predicted molar refractivity (Wildman–Crippen MR) is 142 cm³/mol. The smallest absolute Gasteiger partial charge is 0.251 e. The molecule has 0 atom stereocenters. The van der Waals surface area contributed by atoms with E-state index < -0.39 is 10.0 Å². The van der Waals surface area contributed by atoms with E-state index in [2.05, 4.69) is 20.6 Å². The van der Waals surface area contributed by atoms with Gasteiger partial charge >= 0.3 is 0 Å². The number of aromatic nitrogens is 4. The van der Waals surface area contributed by atoms with Crippen LogP contribution in [0.1, 0.15) is 23.2 Å². The summed E-state index contributed by atoms with van der Waals surface area (Å²) in [5.74, 6) is 1.64. The van der Waals surface area contributed by atoms with E-state index in [1.807, 2.05) is 6.07 Å². The number of hydrogen-bond acceptors (Lipinski definition) is 9. The topological polar surface area (TPSA) is 137 Å². The molecule has 0 spiro atoms. The Labute approximate surface area is 225 Å². The van der Waals surface area contributed by atoms with Gasteiger partial charge in [-0.3, -0.25) is 4.79 Å². The summed E-state index contributed by atoms with van der Waals surface area (Å²) in [6, 6.07) is 14.7. The maximum Gasteiger partial charge on any atom is 0.251 e. The minimum Gasteiger partial charge on any atom is -0.493 e. The highest BCUT2D eigenvalue weighted by molar-refractivity contribution is 7.89. The Morgan fingerprint density at radius 2 is 1.69 bits per heavy atom. The zero-order valence-electron chi connectivity index (χ0n) is 21.5. The number of nitrogens with zero attached hydrogens (tertiary/aromatic N) is 5. The Morgan fingerprint density at radius 3 is 2.41 bits per heavy atom. The van der Waals surface area contributed by atoms with Crippen molar-refractivity contribution >= 4 is 21.6 Å². The zero-order valence-corrected chi connectivity index (χ0v) is 22.3. The second-order valence-corrected chi connectivity index (χ2v) is 10.7. The van der Waals surface area contributed by atoms with Crippen LogP contribution in [0, 0.1) is 0 Å². The number of methoxy groups -OCH3 is 2. The van der Waals surface area contributed by atoms with Gasteiger partial charge < -0.3 is 19.5 Å². The van der Waals surface area contributed by atoms with E-state index in [1.165, 1.54) is 28.6 Å². The van der Waals surface area contributed by atoms with Crippen molar-refractivity contribution in [3.8, 4) is 28.8 Å². The van der Waals surface area contributed by atoms with Crippen LogP contribution in [0.2, 0.25) is 0 Å². The predicted octanol–water partition coefficient (Wildman–Crippen LogP) is 2.40. The Kier molecular flexibility index (Phi) is 7.61. The first-order chi connectivity index (χ1) is 18.9. The maximum absolute atomic E-state index is 12.7. The largest absolute Gasteiger partial charge is 0.493 e. The lowest BCUT2D eigenvalue weighted by atomic mass is 10.2. The van der Waals surface area contributed by atoms with E-state index in [1.54, 1.807) is 43.0 Å². The molecule has 1 amide bonds. The number of benzene rings is 2. The van der Waals surface area contributed by atoms with E-state index >= 15 is 0 Å². The van der Waals surface area contributed by atoms with Crippen LogP contribution in [0.15, 0.2) is 59.5 Å². The Balaban J connectivity index is 1.19. The molecule has 0 aliphatic carbocycles. The number of fused-ring (bicyclic) bond motifs is 1. The summed E-state index contributed by atoms with van der Waals surface area (Å²) in [6.45, 7) is 1.44. The van der Waals surface area contributed by atoms with Gasteiger partial charge in [0.25, 0.3) is 5.91 Å². The van der Waals surface area contributed by atoms with Gasteiger partial charge in [-0.05, 0) is 61.4 Å². The van der Waals surface area contributed by atoms with Crippen molar-refractivity contribution in [1.29, 1.82) is 0 Å². The summed E-state index contributed by atoms with van der Waals surface area (Å²) in [6.07, 6.45) is 1.73. The van der Waals surface area contributed by atoms with Crippen LogP contribution >= 0.6 is 0 Å². The van der Waals surface area contributed by atoms with Crippen molar-refractivity contribution < 1.29 is 27.4 Å². The number of amides is 1. The number of nitrogens with one attached hydrogen (secondary N) is 1. The van der Waals surface area contributed by atoms with Crippen molar-refractivity contribution in [2.45, 2.75) is 17.7 Å². The van der Waals surface area contributed by atoms with Crippen molar-refractivity contribution in [3.05, 3.63) is 60.2 Å². The average molecular weight is 553 g/mol. The molecule has 0 bridgehead atoms. The van der Waals surface area contributed by atoms with E-state index in [0.717, 1.165) is 18.4 Å². The number of ether oxygens (including phenoxy) is 3. The van der Waals surface area contributed by atoms with Gasteiger partial charge in [-0.15, -0.1) is 15.3 Å². The summed E-state index contributed by atoms with van der Waals surface area (Å²) >= 11 is 0. The van der Waals surface area contributed by atoms with Crippen LogP contribution < -0.4 is 19.5 Å². The molecule has 0 radical (unpaired) electrons. The third kappa shape index (κ3) is 5.49. The zero-order chi connectivity index (χ0) is 27.4. The SMILES string of the molecule is COc1ccc(-c2nnc3ccc(OCCNC(=O)c4ccc(S(=O)(=O)N5CCCC5)cc4)nn23)cc1OC. The molecule has 0 unspecified atom stereocenters. The molecule has 5 rings (SSSR count). The van der Waals surface area contributed by atoms with Crippen LogP contribution in [-0.2, 0) is 10.0 Å². The molecule has 1 fully saturated rings. The Morgan fingerprint density at radius 1 is 0.949 bits per heavy atom. The van der Waals surface area contributed by atoms with Crippen molar-refractivity contribution in [1.82, 2.24) is 29.4 Å². The number of sulfonamides is 1. The lowest BCUT2D eigenvalue weighted by Gasteiger charge is -2.15.